The van der Waals surface area contributed by atoms with E-state index in [0.29, 0.717) is 29.5 Å². The predicted octanol–water partition coefficient (Wildman–Crippen LogP) is 4.39. The lowest BCUT2D eigenvalue weighted by molar-refractivity contribution is -0.114. The first kappa shape index (κ1) is 21.9. The molecule has 0 saturated carbocycles. The Bertz CT molecular complexity index is 1150. The number of fused-ring (bicyclic) bond motifs is 2. The predicted molar refractivity (Wildman–Crippen MR) is 122 cm³/mol. The van der Waals surface area contributed by atoms with Gasteiger partial charge in [-0.05, 0) is 64.3 Å². The molecule has 8 nitrogen and oxygen atoms in total. The molecule has 1 atom stereocenters. The fourth-order valence-corrected chi connectivity index (χ4v) is 4.05. The maximum absolute atomic E-state index is 12.7. The van der Waals surface area contributed by atoms with Gasteiger partial charge in [-0.1, -0.05) is 0 Å². The van der Waals surface area contributed by atoms with Crippen molar-refractivity contribution >= 4 is 28.6 Å². The molecule has 2 heterocycles. The molecule has 2 aromatic heterocycles. The molecule has 1 unspecified atom stereocenters. The fraction of sp³-hybridized carbons (Fsp3) is 0.458. The number of nitrogens with zero attached hydrogens (tertiary/aromatic N) is 3. The molecule has 0 bridgehead atoms. The van der Waals surface area contributed by atoms with Gasteiger partial charge in [-0.2, -0.15) is 5.10 Å². The summed E-state index contributed by atoms with van der Waals surface area (Å²) < 4.78 is 15.0. The second-order valence-corrected chi connectivity index (χ2v) is 9.30. The van der Waals surface area contributed by atoms with Crippen molar-refractivity contribution in [1.82, 2.24) is 14.3 Å². The summed E-state index contributed by atoms with van der Waals surface area (Å²) in [6.07, 6.45) is 5.09. The zero-order chi connectivity index (χ0) is 23.0. The maximum Gasteiger partial charge on any atom is 0.419 e. The third-order valence-corrected chi connectivity index (χ3v) is 5.40. The molecule has 1 N–H and O–H groups in total. The first-order valence-corrected chi connectivity index (χ1v) is 11.0. The molecule has 0 spiro atoms. The van der Waals surface area contributed by atoms with Gasteiger partial charge in [0.25, 0.3) is 0 Å². The number of carbonyl (C=O) groups is 2. The van der Waals surface area contributed by atoms with Gasteiger partial charge >= 0.3 is 6.09 Å². The Balaban J connectivity index is 1.52. The summed E-state index contributed by atoms with van der Waals surface area (Å²) in [5, 5.41) is 8.13. The van der Waals surface area contributed by atoms with Crippen molar-refractivity contribution in [3.05, 3.63) is 41.9 Å². The SMILES string of the molecule is CCn1cc2c(n1)CC(COc1ccc3c(c1)c(NC(C)=O)cn3C(=O)OC(C)(C)C)C2. The van der Waals surface area contributed by atoms with Gasteiger partial charge in [0.1, 0.15) is 11.4 Å². The summed E-state index contributed by atoms with van der Waals surface area (Å²) in [7, 11) is 0. The minimum absolute atomic E-state index is 0.216. The van der Waals surface area contributed by atoms with Crippen LogP contribution < -0.4 is 10.1 Å². The number of anilines is 1. The van der Waals surface area contributed by atoms with Crippen LogP contribution in [-0.4, -0.2) is 38.6 Å². The third-order valence-electron chi connectivity index (χ3n) is 5.40. The monoisotopic (exact) mass is 438 g/mol. The Morgan fingerprint density at radius 2 is 2.00 bits per heavy atom. The molecule has 8 heteroatoms. The van der Waals surface area contributed by atoms with Crippen LogP contribution in [0.15, 0.2) is 30.6 Å². The van der Waals surface area contributed by atoms with Crippen molar-refractivity contribution in [2.75, 3.05) is 11.9 Å². The number of amides is 1. The standard InChI is InChI=1S/C24H30N4O4/c1-6-27-12-17-9-16(10-20(17)26-27)14-31-18-7-8-22-19(11-18)21(25-15(2)29)13-28(22)23(30)32-24(3,4)5/h7-8,11-13,16H,6,9-10,14H2,1-5H3,(H,25,29). The van der Waals surface area contributed by atoms with E-state index in [0.717, 1.165) is 24.8 Å². The summed E-state index contributed by atoms with van der Waals surface area (Å²) in [4.78, 5) is 24.4. The lowest BCUT2D eigenvalue weighted by Gasteiger charge is -2.19. The Morgan fingerprint density at radius 3 is 2.66 bits per heavy atom. The van der Waals surface area contributed by atoms with Crippen molar-refractivity contribution in [2.45, 2.75) is 59.6 Å². The average molecular weight is 439 g/mol. The lowest BCUT2D eigenvalue weighted by Crippen LogP contribution is -2.26. The minimum Gasteiger partial charge on any atom is -0.493 e. The number of hydrogen-bond acceptors (Lipinski definition) is 5. The molecule has 170 valence electrons. The number of hydrogen-bond donors (Lipinski definition) is 1. The van der Waals surface area contributed by atoms with Crippen molar-refractivity contribution < 1.29 is 19.1 Å². The number of benzene rings is 1. The highest BCUT2D eigenvalue weighted by atomic mass is 16.6. The molecular formula is C24H30N4O4. The summed E-state index contributed by atoms with van der Waals surface area (Å²) in [6, 6.07) is 5.51. The van der Waals surface area contributed by atoms with Gasteiger partial charge in [0.05, 0.1) is 23.5 Å². The third kappa shape index (κ3) is 4.64. The zero-order valence-electron chi connectivity index (χ0n) is 19.3. The molecule has 1 amide bonds. The van der Waals surface area contributed by atoms with E-state index < -0.39 is 11.7 Å². The summed E-state index contributed by atoms with van der Waals surface area (Å²) >= 11 is 0. The number of ether oxygens (including phenoxy) is 2. The molecule has 0 saturated heterocycles. The van der Waals surface area contributed by atoms with Gasteiger partial charge in [0.15, 0.2) is 0 Å². The van der Waals surface area contributed by atoms with Crippen LogP contribution in [0.1, 0.15) is 45.9 Å². The van der Waals surface area contributed by atoms with E-state index in [1.54, 1.807) is 6.20 Å². The highest BCUT2D eigenvalue weighted by Gasteiger charge is 2.26. The number of aromatic nitrogens is 3. The quantitative estimate of drug-likeness (QED) is 0.638. The van der Waals surface area contributed by atoms with Crippen molar-refractivity contribution in [3.8, 4) is 5.75 Å². The molecule has 4 rings (SSSR count). The Morgan fingerprint density at radius 1 is 1.22 bits per heavy atom. The molecule has 1 aliphatic carbocycles. The fourth-order valence-electron chi connectivity index (χ4n) is 4.05. The highest BCUT2D eigenvalue weighted by molar-refractivity contribution is 6.04. The van der Waals surface area contributed by atoms with E-state index in [1.165, 1.54) is 22.7 Å². The van der Waals surface area contributed by atoms with Crippen LogP contribution in [0, 0.1) is 5.92 Å². The minimum atomic E-state index is -0.627. The second kappa shape index (κ2) is 8.33. The Labute approximate surface area is 187 Å². The van der Waals surface area contributed by atoms with Crippen LogP contribution in [-0.2, 0) is 28.9 Å². The van der Waals surface area contributed by atoms with Crippen LogP contribution in [0.3, 0.4) is 0 Å². The van der Waals surface area contributed by atoms with Gasteiger partial charge < -0.3 is 14.8 Å². The first-order valence-electron chi connectivity index (χ1n) is 11.0. The van der Waals surface area contributed by atoms with Crippen LogP contribution in [0.2, 0.25) is 0 Å². The number of nitrogens with one attached hydrogen (secondary N) is 1. The molecule has 0 aliphatic heterocycles. The molecule has 32 heavy (non-hydrogen) atoms. The van der Waals surface area contributed by atoms with Gasteiger partial charge in [-0.3, -0.25) is 14.0 Å². The molecular weight excluding hydrogens is 408 g/mol. The van der Waals surface area contributed by atoms with Crippen LogP contribution in [0.25, 0.3) is 10.9 Å². The molecule has 1 aromatic carbocycles. The number of aryl methyl sites for hydroxylation is 1. The van der Waals surface area contributed by atoms with E-state index in [2.05, 4.69) is 23.5 Å². The van der Waals surface area contributed by atoms with E-state index in [1.807, 2.05) is 43.7 Å². The molecule has 0 fully saturated rings. The van der Waals surface area contributed by atoms with Gasteiger partial charge in [0.2, 0.25) is 5.91 Å². The van der Waals surface area contributed by atoms with E-state index in [4.69, 9.17) is 9.47 Å². The summed E-state index contributed by atoms with van der Waals surface area (Å²) in [5.74, 6) is 0.859. The van der Waals surface area contributed by atoms with Gasteiger partial charge in [0, 0.05) is 37.2 Å². The normalized spacial score (nSPS) is 15.6. The van der Waals surface area contributed by atoms with Crippen molar-refractivity contribution in [3.63, 3.8) is 0 Å². The largest absolute Gasteiger partial charge is 0.493 e. The van der Waals surface area contributed by atoms with Gasteiger partial charge in [-0.25, -0.2) is 4.79 Å². The lowest BCUT2D eigenvalue weighted by atomic mass is 10.1. The highest BCUT2D eigenvalue weighted by Crippen LogP contribution is 2.32. The van der Waals surface area contributed by atoms with Crippen molar-refractivity contribution in [2.24, 2.45) is 5.92 Å². The topological polar surface area (TPSA) is 87.4 Å². The smallest absolute Gasteiger partial charge is 0.419 e. The van der Waals surface area contributed by atoms with E-state index in [9.17, 15) is 9.59 Å². The van der Waals surface area contributed by atoms with Crippen molar-refractivity contribution in [1.29, 1.82) is 0 Å². The Kier molecular flexibility index (Phi) is 5.71. The average Bonchev–Trinajstić information content (AvgIpc) is 3.36. The maximum atomic E-state index is 12.7. The number of carbonyl (C=O) groups excluding carboxylic acids is 2. The Hall–Kier alpha value is -3.29. The van der Waals surface area contributed by atoms with E-state index >= 15 is 0 Å². The second-order valence-electron chi connectivity index (χ2n) is 9.30. The first-order chi connectivity index (χ1) is 15.1. The van der Waals surface area contributed by atoms with Gasteiger partial charge in [-0.15, -0.1) is 0 Å². The summed E-state index contributed by atoms with van der Waals surface area (Å²) in [6.45, 7) is 10.4. The molecule has 0 radical (unpaired) electrons. The van der Waals surface area contributed by atoms with Crippen LogP contribution in [0.4, 0.5) is 10.5 Å². The zero-order valence-corrected chi connectivity index (χ0v) is 19.3. The molecule has 3 aromatic rings. The van der Waals surface area contributed by atoms with E-state index in [-0.39, 0.29) is 5.91 Å². The number of rotatable bonds is 5. The summed E-state index contributed by atoms with van der Waals surface area (Å²) in [5.41, 5.74) is 3.03. The molecule has 1 aliphatic rings. The van der Waals surface area contributed by atoms with Crippen LogP contribution >= 0.6 is 0 Å². The van der Waals surface area contributed by atoms with Crippen LogP contribution in [0.5, 0.6) is 5.75 Å².